The fraction of sp³-hybridized carbons (Fsp3) is 0.294. The molecule has 0 aliphatic heterocycles. The summed E-state index contributed by atoms with van der Waals surface area (Å²) < 4.78 is 0. The number of nitrogens with one attached hydrogen (secondary N) is 2. The Balaban J connectivity index is 1.86. The molecular formula is C17H21ClN2. The second-order valence-corrected chi connectivity index (χ2v) is 5.57. The van der Waals surface area contributed by atoms with E-state index in [0.717, 1.165) is 23.8 Å². The first-order valence-corrected chi connectivity index (χ1v) is 7.25. The van der Waals surface area contributed by atoms with Crippen molar-refractivity contribution in [2.45, 2.75) is 20.8 Å². The van der Waals surface area contributed by atoms with Crippen molar-refractivity contribution in [3.05, 3.63) is 58.1 Å². The van der Waals surface area contributed by atoms with Gasteiger partial charge < -0.3 is 10.6 Å². The van der Waals surface area contributed by atoms with Gasteiger partial charge in [-0.25, -0.2) is 0 Å². The van der Waals surface area contributed by atoms with E-state index in [1.165, 1.54) is 22.4 Å². The molecule has 0 bridgehead atoms. The highest BCUT2D eigenvalue weighted by molar-refractivity contribution is 6.30. The first-order valence-electron chi connectivity index (χ1n) is 6.87. The Morgan fingerprint density at radius 2 is 1.50 bits per heavy atom. The first-order chi connectivity index (χ1) is 9.56. The van der Waals surface area contributed by atoms with E-state index in [1.807, 2.05) is 18.2 Å². The molecule has 0 amide bonds. The van der Waals surface area contributed by atoms with Crippen molar-refractivity contribution in [2.75, 3.05) is 23.7 Å². The molecule has 0 aromatic heterocycles. The Morgan fingerprint density at radius 3 is 2.20 bits per heavy atom. The van der Waals surface area contributed by atoms with E-state index < -0.39 is 0 Å². The summed E-state index contributed by atoms with van der Waals surface area (Å²) >= 11 is 6.01. The molecule has 2 nitrogen and oxygen atoms in total. The van der Waals surface area contributed by atoms with Crippen molar-refractivity contribution in [1.29, 1.82) is 0 Å². The molecule has 0 radical (unpaired) electrons. The third-order valence-electron chi connectivity index (χ3n) is 3.34. The van der Waals surface area contributed by atoms with Crippen LogP contribution in [0.15, 0.2) is 36.4 Å². The molecule has 0 aliphatic rings. The number of rotatable bonds is 5. The van der Waals surface area contributed by atoms with Gasteiger partial charge in [-0.3, -0.25) is 0 Å². The van der Waals surface area contributed by atoms with E-state index in [1.54, 1.807) is 0 Å². The van der Waals surface area contributed by atoms with E-state index in [2.05, 4.69) is 49.6 Å². The predicted molar refractivity (Wildman–Crippen MR) is 89.1 cm³/mol. The number of anilines is 2. The molecule has 0 saturated heterocycles. The molecule has 106 valence electrons. The molecule has 3 heteroatoms. The molecule has 20 heavy (non-hydrogen) atoms. The molecule has 2 N–H and O–H groups in total. The highest BCUT2D eigenvalue weighted by Gasteiger charge is 2.00. The lowest BCUT2D eigenvalue weighted by atomic mass is 10.1. The predicted octanol–water partition coefficient (Wildman–Crippen LogP) is 4.79. The summed E-state index contributed by atoms with van der Waals surface area (Å²) in [5.41, 5.74) is 6.07. The van der Waals surface area contributed by atoms with Crippen LogP contribution >= 0.6 is 11.6 Å². The van der Waals surface area contributed by atoms with E-state index >= 15 is 0 Å². The van der Waals surface area contributed by atoms with Gasteiger partial charge in [-0.05, 0) is 50.1 Å². The van der Waals surface area contributed by atoms with Gasteiger partial charge >= 0.3 is 0 Å². The first kappa shape index (κ1) is 14.7. The lowest BCUT2D eigenvalue weighted by Crippen LogP contribution is -2.14. The lowest BCUT2D eigenvalue weighted by Gasteiger charge is -2.13. The maximum absolute atomic E-state index is 6.01. The molecular weight excluding hydrogens is 268 g/mol. The summed E-state index contributed by atoms with van der Waals surface area (Å²) in [6.45, 7) is 8.05. The van der Waals surface area contributed by atoms with Crippen molar-refractivity contribution in [2.24, 2.45) is 0 Å². The minimum absolute atomic E-state index is 0.764. The van der Waals surface area contributed by atoms with Crippen molar-refractivity contribution in [3.8, 4) is 0 Å². The molecule has 2 rings (SSSR count). The molecule has 0 spiro atoms. The Morgan fingerprint density at radius 1 is 0.800 bits per heavy atom. The van der Waals surface area contributed by atoms with Crippen molar-refractivity contribution in [1.82, 2.24) is 0 Å². The summed E-state index contributed by atoms with van der Waals surface area (Å²) in [6, 6.07) is 12.4. The van der Waals surface area contributed by atoms with Crippen LogP contribution in [0, 0.1) is 20.8 Å². The fourth-order valence-electron chi connectivity index (χ4n) is 2.19. The standard InChI is InChI=1S/C17H21ClN2/c1-12-4-7-16(14(3)10-12)19-8-9-20-17-11-15(18)6-5-13(17)2/h4-7,10-11,19-20H,8-9H2,1-3H3. The van der Waals surface area contributed by atoms with Gasteiger partial charge in [0, 0.05) is 29.5 Å². The van der Waals surface area contributed by atoms with Gasteiger partial charge in [0.1, 0.15) is 0 Å². The maximum Gasteiger partial charge on any atom is 0.0426 e. The summed E-state index contributed by atoms with van der Waals surface area (Å²) in [5, 5.41) is 7.62. The molecule has 0 fully saturated rings. The number of hydrogen-bond acceptors (Lipinski definition) is 2. The zero-order valence-electron chi connectivity index (χ0n) is 12.3. The molecule has 2 aromatic carbocycles. The lowest BCUT2D eigenvalue weighted by molar-refractivity contribution is 1.07. The SMILES string of the molecule is Cc1ccc(NCCNc2cc(Cl)ccc2C)c(C)c1. The highest BCUT2D eigenvalue weighted by atomic mass is 35.5. The largest absolute Gasteiger partial charge is 0.383 e. The number of hydrogen-bond donors (Lipinski definition) is 2. The van der Waals surface area contributed by atoms with Crippen LogP contribution < -0.4 is 10.6 Å². The van der Waals surface area contributed by atoms with E-state index in [4.69, 9.17) is 11.6 Å². The quantitative estimate of drug-likeness (QED) is 0.773. The van der Waals surface area contributed by atoms with Gasteiger partial charge in [-0.15, -0.1) is 0 Å². The summed E-state index contributed by atoms with van der Waals surface area (Å²) in [7, 11) is 0. The Bertz CT molecular complexity index is 594. The third kappa shape index (κ3) is 3.91. The van der Waals surface area contributed by atoms with Gasteiger partial charge in [0.2, 0.25) is 0 Å². The van der Waals surface area contributed by atoms with Gasteiger partial charge in [-0.1, -0.05) is 35.4 Å². The van der Waals surface area contributed by atoms with E-state index in [-0.39, 0.29) is 0 Å². The van der Waals surface area contributed by atoms with Gasteiger partial charge in [0.05, 0.1) is 0 Å². The van der Waals surface area contributed by atoms with E-state index in [0.29, 0.717) is 0 Å². The zero-order chi connectivity index (χ0) is 14.5. The third-order valence-corrected chi connectivity index (χ3v) is 3.57. The molecule has 0 aliphatic carbocycles. The topological polar surface area (TPSA) is 24.1 Å². The zero-order valence-corrected chi connectivity index (χ0v) is 13.0. The molecule has 0 heterocycles. The fourth-order valence-corrected chi connectivity index (χ4v) is 2.36. The van der Waals surface area contributed by atoms with Crippen molar-refractivity contribution < 1.29 is 0 Å². The minimum Gasteiger partial charge on any atom is -0.383 e. The number of benzene rings is 2. The Labute approximate surface area is 126 Å². The Hall–Kier alpha value is -1.67. The van der Waals surface area contributed by atoms with Gasteiger partial charge in [-0.2, -0.15) is 0 Å². The summed E-state index contributed by atoms with van der Waals surface area (Å²) in [5.74, 6) is 0. The van der Waals surface area contributed by atoms with E-state index in [9.17, 15) is 0 Å². The van der Waals surface area contributed by atoms with Crippen LogP contribution in [-0.4, -0.2) is 13.1 Å². The monoisotopic (exact) mass is 288 g/mol. The molecule has 0 atom stereocenters. The summed E-state index contributed by atoms with van der Waals surface area (Å²) in [6.07, 6.45) is 0. The van der Waals surface area contributed by atoms with Gasteiger partial charge in [0.25, 0.3) is 0 Å². The van der Waals surface area contributed by atoms with Crippen LogP contribution in [0.25, 0.3) is 0 Å². The normalized spacial score (nSPS) is 10.4. The molecule has 0 saturated carbocycles. The van der Waals surface area contributed by atoms with Crippen molar-refractivity contribution >= 4 is 23.0 Å². The smallest absolute Gasteiger partial charge is 0.0426 e. The average Bonchev–Trinajstić information content (AvgIpc) is 2.40. The second kappa shape index (κ2) is 6.67. The van der Waals surface area contributed by atoms with Crippen LogP contribution in [0.1, 0.15) is 16.7 Å². The maximum atomic E-state index is 6.01. The molecule has 2 aromatic rings. The van der Waals surface area contributed by atoms with Crippen LogP contribution in [0.2, 0.25) is 5.02 Å². The number of halogens is 1. The van der Waals surface area contributed by atoms with Crippen LogP contribution in [0.3, 0.4) is 0 Å². The average molecular weight is 289 g/mol. The van der Waals surface area contributed by atoms with Crippen LogP contribution in [0.4, 0.5) is 11.4 Å². The summed E-state index contributed by atoms with van der Waals surface area (Å²) in [4.78, 5) is 0. The highest BCUT2D eigenvalue weighted by Crippen LogP contribution is 2.20. The van der Waals surface area contributed by atoms with Crippen LogP contribution in [0.5, 0.6) is 0 Å². The van der Waals surface area contributed by atoms with Gasteiger partial charge in [0.15, 0.2) is 0 Å². The van der Waals surface area contributed by atoms with Crippen LogP contribution in [-0.2, 0) is 0 Å². The minimum atomic E-state index is 0.764. The molecule has 0 unspecified atom stereocenters. The second-order valence-electron chi connectivity index (χ2n) is 5.13. The number of aryl methyl sites for hydroxylation is 3. The van der Waals surface area contributed by atoms with Crippen molar-refractivity contribution in [3.63, 3.8) is 0 Å². The Kier molecular flexibility index (Phi) is 4.91.